The van der Waals surface area contributed by atoms with Gasteiger partial charge < -0.3 is 5.32 Å². The highest BCUT2D eigenvalue weighted by Crippen LogP contribution is 2.11. The molecule has 0 bridgehead atoms. The van der Waals surface area contributed by atoms with Gasteiger partial charge in [0.05, 0.1) is 4.92 Å². The molecule has 0 heterocycles. The molecule has 0 spiro atoms. The Hall–Kier alpha value is -1.62. The zero-order chi connectivity index (χ0) is 12.8. The molecular weight excluding hydrogens is 244 g/mol. The molecule has 1 amide bonds. The van der Waals surface area contributed by atoms with Crippen LogP contribution in [0.15, 0.2) is 24.3 Å². The minimum absolute atomic E-state index is 0.0363. The first kappa shape index (κ1) is 13.4. The summed E-state index contributed by atoms with van der Waals surface area (Å²) in [5.74, 6) is -0.0976. The Bertz CT molecular complexity index is 406. The van der Waals surface area contributed by atoms with Crippen molar-refractivity contribution in [3.8, 4) is 0 Å². The topological polar surface area (TPSA) is 72.2 Å². The molecule has 6 heteroatoms. The normalized spacial score (nSPS) is 11.9. The molecule has 1 rings (SSSR count). The summed E-state index contributed by atoms with van der Waals surface area (Å²) >= 11 is 5.55. The maximum absolute atomic E-state index is 11.4. The Labute approximate surface area is 104 Å². The molecule has 1 aromatic carbocycles. The van der Waals surface area contributed by atoms with Crippen molar-refractivity contribution >= 4 is 23.2 Å². The van der Waals surface area contributed by atoms with Gasteiger partial charge in [-0.05, 0) is 5.56 Å². The van der Waals surface area contributed by atoms with E-state index in [4.69, 9.17) is 11.6 Å². The van der Waals surface area contributed by atoms with E-state index in [1.165, 1.54) is 12.1 Å². The van der Waals surface area contributed by atoms with Crippen LogP contribution in [-0.4, -0.2) is 16.7 Å². The predicted octanol–water partition coefficient (Wildman–Crippen LogP) is 2.09. The van der Waals surface area contributed by atoms with Crippen molar-refractivity contribution in [1.29, 1.82) is 0 Å². The molecule has 0 aliphatic rings. The fourth-order valence-corrected chi connectivity index (χ4v) is 1.31. The number of non-ortho nitro benzene ring substituents is 1. The number of nitro groups is 1. The molecule has 0 saturated carbocycles. The van der Waals surface area contributed by atoms with E-state index in [-0.39, 0.29) is 23.4 Å². The second kappa shape index (κ2) is 6.20. The Morgan fingerprint density at radius 2 is 2.06 bits per heavy atom. The zero-order valence-electron chi connectivity index (χ0n) is 9.35. The predicted molar refractivity (Wildman–Crippen MR) is 64.8 cm³/mol. The number of benzene rings is 1. The van der Waals surface area contributed by atoms with Crippen molar-refractivity contribution in [2.24, 2.45) is 5.92 Å². The largest absolute Gasteiger partial charge is 0.352 e. The number of nitrogens with zero attached hydrogens (tertiary/aromatic N) is 1. The molecule has 0 saturated heterocycles. The number of alkyl halides is 1. The SMILES string of the molecule is CC(CCl)C(=O)NCc1ccc([N+](=O)[O-])cc1. The molecule has 1 atom stereocenters. The number of hydrogen-bond donors (Lipinski definition) is 1. The first-order valence-electron chi connectivity index (χ1n) is 5.11. The summed E-state index contributed by atoms with van der Waals surface area (Å²) in [6.45, 7) is 2.08. The van der Waals surface area contributed by atoms with Crippen LogP contribution in [0.4, 0.5) is 5.69 Å². The lowest BCUT2D eigenvalue weighted by Crippen LogP contribution is -2.29. The monoisotopic (exact) mass is 256 g/mol. The van der Waals surface area contributed by atoms with Crippen LogP contribution in [0.2, 0.25) is 0 Å². The van der Waals surface area contributed by atoms with Gasteiger partial charge in [-0.25, -0.2) is 0 Å². The Kier molecular flexibility index (Phi) is 4.90. The third-order valence-corrected chi connectivity index (χ3v) is 2.76. The number of carbonyl (C=O) groups excluding carboxylic acids is 1. The Balaban J connectivity index is 2.53. The molecule has 0 radical (unpaired) electrons. The summed E-state index contributed by atoms with van der Waals surface area (Å²) in [6, 6.07) is 6.05. The molecule has 1 aromatic rings. The summed E-state index contributed by atoms with van der Waals surface area (Å²) in [5, 5.41) is 13.1. The van der Waals surface area contributed by atoms with Gasteiger partial charge in [-0.3, -0.25) is 14.9 Å². The van der Waals surface area contributed by atoms with E-state index in [9.17, 15) is 14.9 Å². The highest BCUT2D eigenvalue weighted by Gasteiger charge is 2.11. The average Bonchev–Trinajstić information content (AvgIpc) is 2.35. The van der Waals surface area contributed by atoms with Crippen molar-refractivity contribution < 1.29 is 9.72 Å². The van der Waals surface area contributed by atoms with Gasteiger partial charge in [-0.2, -0.15) is 0 Å². The van der Waals surface area contributed by atoms with Crippen LogP contribution in [0.25, 0.3) is 0 Å². The minimum atomic E-state index is -0.460. The zero-order valence-corrected chi connectivity index (χ0v) is 10.1. The fourth-order valence-electron chi connectivity index (χ4n) is 1.17. The van der Waals surface area contributed by atoms with E-state index in [2.05, 4.69) is 5.32 Å². The molecule has 0 aromatic heterocycles. The molecule has 17 heavy (non-hydrogen) atoms. The third-order valence-electron chi connectivity index (χ3n) is 2.29. The first-order chi connectivity index (χ1) is 8.04. The van der Waals surface area contributed by atoms with Gasteiger partial charge in [-0.15, -0.1) is 11.6 Å². The van der Waals surface area contributed by atoms with E-state index in [0.29, 0.717) is 6.54 Å². The summed E-state index contributed by atoms with van der Waals surface area (Å²) in [6.07, 6.45) is 0. The smallest absolute Gasteiger partial charge is 0.269 e. The number of nitrogens with one attached hydrogen (secondary N) is 1. The maximum atomic E-state index is 11.4. The summed E-state index contributed by atoms with van der Waals surface area (Å²) in [5.41, 5.74) is 0.847. The molecular formula is C11H13ClN2O3. The van der Waals surface area contributed by atoms with E-state index < -0.39 is 4.92 Å². The highest BCUT2D eigenvalue weighted by molar-refractivity contribution is 6.19. The average molecular weight is 257 g/mol. The van der Waals surface area contributed by atoms with E-state index in [1.807, 2.05) is 0 Å². The lowest BCUT2D eigenvalue weighted by molar-refractivity contribution is -0.384. The van der Waals surface area contributed by atoms with Gasteiger partial charge in [0.15, 0.2) is 0 Å². The summed E-state index contributed by atoms with van der Waals surface area (Å²) < 4.78 is 0. The third kappa shape index (κ3) is 4.03. The van der Waals surface area contributed by atoms with Crippen molar-refractivity contribution in [2.75, 3.05) is 5.88 Å². The molecule has 1 N–H and O–H groups in total. The molecule has 1 unspecified atom stereocenters. The van der Waals surface area contributed by atoms with Gasteiger partial charge in [0.25, 0.3) is 5.69 Å². The summed E-state index contributed by atoms with van der Waals surface area (Å²) in [7, 11) is 0. The lowest BCUT2D eigenvalue weighted by Gasteiger charge is -2.08. The van der Waals surface area contributed by atoms with Crippen molar-refractivity contribution in [1.82, 2.24) is 5.32 Å². The number of amides is 1. The van der Waals surface area contributed by atoms with E-state index >= 15 is 0 Å². The second-order valence-electron chi connectivity index (χ2n) is 3.70. The van der Waals surface area contributed by atoms with Crippen molar-refractivity contribution in [3.63, 3.8) is 0 Å². The quantitative estimate of drug-likeness (QED) is 0.498. The van der Waals surface area contributed by atoms with Crippen LogP contribution < -0.4 is 5.32 Å². The van der Waals surface area contributed by atoms with Gasteiger partial charge >= 0.3 is 0 Å². The molecule has 0 fully saturated rings. The Morgan fingerprint density at radius 1 is 1.47 bits per heavy atom. The van der Waals surface area contributed by atoms with Crippen LogP contribution in [0.1, 0.15) is 12.5 Å². The maximum Gasteiger partial charge on any atom is 0.269 e. The summed E-state index contributed by atoms with van der Waals surface area (Å²) in [4.78, 5) is 21.4. The second-order valence-corrected chi connectivity index (χ2v) is 4.01. The van der Waals surface area contributed by atoms with Crippen LogP contribution in [0.5, 0.6) is 0 Å². The highest BCUT2D eigenvalue weighted by atomic mass is 35.5. The van der Waals surface area contributed by atoms with Gasteiger partial charge in [0, 0.05) is 30.5 Å². The van der Waals surface area contributed by atoms with Crippen LogP contribution >= 0.6 is 11.6 Å². The number of rotatable bonds is 5. The van der Waals surface area contributed by atoms with Crippen LogP contribution in [0.3, 0.4) is 0 Å². The molecule has 92 valence electrons. The number of hydrogen-bond acceptors (Lipinski definition) is 3. The van der Waals surface area contributed by atoms with E-state index in [1.54, 1.807) is 19.1 Å². The van der Waals surface area contributed by atoms with Gasteiger partial charge in [0.2, 0.25) is 5.91 Å². The van der Waals surface area contributed by atoms with Gasteiger partial charge in [-0.1, -0.05) is 19.1 Å². The van der Waals surface area contributed by atoms with Crippen molar-refractivity contribution in [3.05, 3.63) is 39.9 Å². The molecule has 0 aliphatic carbocycles. The number of nitro benzene ring substituents is 1. The van der Waals surface area contributed by atoms with Crippen molar-refractivity contribution in [2.45, 2.75) is 13.5 Å². The number of halogens is 1. The minimum Gasteiger partial charge on any atom is -0.352 e. The van der Waals surface area contributed by atoms with Crippen LogP contribution in [-0.2, 0) is 11.3 Å². The number of carbonyl (C=O) groups is 1. The molecule has 0 aliphatic heterocycles. The van der Waals surface area contributed by atoms with E-state index in [0.717, 1.165) is 5.56 Å². The van der Waals surface area contributed by atoms with Crippen LogP contribution in [0, 0.1) is 16.0 Å². The first-order valence-corrected chi connectivity index (χ1v) is 5.65. The Morgan fingerprint density at radius 3 is 2.53 bits per heavy atom. The van der Waals surface area contributed by atoms with Gasteiger partial charge in [0.1, 0.15) is 0 Å². The molecule has 5 nitrogen and oxygen atoms in total. The lowest BCUT2D eigenvalue weighted by atomic mass is 10.1. The standard InChI is InChI=1S/C11H13ClN2O3/c1-8(6-12)11(15)13-7-9-2-4-10(5-3-9)14(16)17/h2-5,8H,6-7H2,1H3,(H,13,15). The fraction of sp³-hybridized carbons (Fsp3) is 0.364.